The van der Waals surface area contributed by atoms with E-state index in [0.717, 1.165) is 11.3 Å². The van der Waals surface area contributed by atoms with Crippen LogP contribution in [0.4, 0.5) is 0 Å². The molecule has 0 aliphatic carbocycles. The van der Waals surface area contributed by atoms with Crippen molar-refractivity contribution >= 4 is 11.4 Å². The highest BCUT2D eigenvalue weighted by Gasteiger charge is 2.14. The first-order valence-electron chi connectivity index (χ1n) is 10.5. The molecule has 0 saturated heterocycles. The lowest BCUT2D eigenvalue weighted by Gasteiger charge is -2.10. The molecule has 3 aromatic rings. The van der Waals surface area contributed by atoms with Crippen LogP contribution in [0.2, 0.25) is 0 Å². The van der Waals surface area contributed by atoms with Crippen LogP contribution in [-0.2, 0) is 0 Å². The van der Waals surface area contributed by atoms with Gasteiger partial charge in [-0.25, -0.2) is 9.50 Å². The van der Waals surface area contributed by atoms with Crippen LogP contribution in [-0.4, -0.2) is 34.6 Å². The summed E-state index contributed by atoms with van der Waals surface area (Å²) in [6.45, 7) is 7.94. The van der Waals surface area contributed by atoms with Gasteiger partial charge >= 0.3 is 0 Å². The van der Waals surface area contributed by atoms with Crippen molar-refractivity contribution in [1.29, 1.82) is 0 Å². The zero-order valence-corrected chi connectivity index (χ0v) is 19.6. The predicted molar refractivity (Wildman–Crippen MR) is 130 cm³/mol. The Morgan fingerprint density at radius 3 is 2.44 bits per heavy atom. The van der Waals surface area contributed by atoms with Crippen molar-refractivity contribution < 1.29 is 14.3 Å². The molecule has 0 aliphatic rings. The van der Waals surface area contributed by atoms with Gasteiger partial charge in [0, 0.05) is 24.2 Å². The number of nitrogens with zero attached hydrogens (tertiary/aromatic N) is 3. The van der Waals surface area contributed by atoms with E-state index >= 15 is 0 Å². The molecule has 2 aromatic heterocycles. The second-order valence-corrected chi connectivity index (χ2v) is 6.89. The number of benzene rings is 1. The predicted octanol–water partition coefficient (Wildman–Crippen LogP) is 6.09. The molecule has 0 amide bonds. The highest BCUT2D eigenvalue weighted by Crippen LogP contribution is 2.32. The number of hydrogen-bond donors (Lipinski definition) is 0. The Morgan fingerprint density at radius 1 is 1.06 bits per heavy atom. The third-order valence-electron chi connectivity index (χ3n) is 4.76. The molecule has 6 heteroatoms. The van der Waals surface area contributed by atoms with Crippen LogP contribution in [0.15, 0.2) is 72.5 Å². The van der Waals surface area contributed by atoms with Crippen LogP contribution < -0.4 is 9.47 Å². The molecule has 0 aliphatic heterocycles. The highest BCUT2D eigenvalue weighted by molar-refractivity contribution is 5.95. The lowest BCUT2D eigenvalue weighted by Crippen LogP contribution is -2.00. The molecule has 0 saturated carbocycles. The molecule has 168 valence electrons. The van der Waals surface area contributed by atoms with Gasteiger partial charge in [-0.3, -0.25) is 4.79 Å². The normalized spacial score (nSPS) is 11.6. The van der Waals surface area contributed by atoms with Crippen molar-refractivity contribution in [2.24, 2.45) is 0 Å². The van der Waals surface area contributed by atoms with Gasteiger partial charge in [0.15, 0.2) is 22.9 Å². The minimum absolute atomic E-state index is 0.00578. The number of rotatable bonds is 7. The van der Waals surface area contributed by atoms with Crippen LogP contribution >= 0.6 is 0 Å². The second kappa shape index (κ2) is 12.2. The summed E-state index contributed by atoms with van der Waals surface area (Å²) in [5.74, 6) is 1.28. The number of ether oxygens (including phenoxy) is 2. The van der Waals surface area contributed by atoms with E-state index in [1.807, 2.05) is 63.3 Å². The number of carbonyl (C=O) groups is 1. The summed E-state index contributed by atoms with van der Waals surface area (Å²) in [5.41, 5.74) is 4.08. The van der Waals surface area contributed by atoms with Gasteiger partial charge in [-0.2, -0.15) is 5.10 Å². The minimum Gasteiger partial charge on any atom is -0.493 e. The number of fused-ring (bicyclic) bond motifs is 1. The first kappa shape index (κ1) is 24.6. The number of Topliss-reactive ketones (excluding diaryl/α,β-unsaturated/α-hetero) is 1. The quantitative estimate of drug-likeness (QED) is 0.333. The molecule has 2 heterocycles. The minimum atomic E-state index is -0.00578. The first-order chi connectivity index (χ1) is 15.5. The summed E-state index contributed by atoms with van der Waals surface area (Å²) < 4.78 is 12.3. The van der Waals surface area contributed by atoms with Gasteiger partial charge in [-0.1, -0.05) is 42.9 Å². The molecular weight excluding hydrogens is 402 g/mol. The van der Waals surface area contributed by atoms with E-state index in [1.54, 1.807) is 31.0 Å². The average molecular weight is 434 g/mol. The van der Waals surface area contributed by atoms with Crippen LogP contribution in [0, 0.1) is 0 Å². The maximum absolute atomic E-state index is 11.9. The van der Waals surface area contributed by atoms with Crippen LogP contribution in [0.25, 0.3) is 16.9 Å². The molecule has 0 spiro atoms. The van der Waals surface area contributed by atoms with Gasteiger partial charge in [0.05, 0.1) is 19.9 Å². The molecule has 1 aromatic carbocycles. The number of methoxy groups -OCH3 is 2. The summed E-state index contributed by atoms with van der Waals surface area (Å²) in [6, 6.07) is 9.18. The standard InChI is InChI=1S/C17H17N3O3.C9H14/c1-4-14(21)12-10-17-18-8-7-13(20(17)19-12)11-5-6-15(22-2)16(9-11)23-3;1-4-6-7-8-9(3)5-2/h5-10H,4H2,1-3H3;4-8H,1-3H3/b;6-4-,8-7-,9-5-. The average Bonchev–Trinajstić information content (AvgIpc) is 3.28. The van der Waals surface area contributed by atoms with Gasteiger partial charge in [0.2, 0.25) is 0 Å². The monoisotopic (exact) mass is 433 g/mol. The molecule has 0 atom stereocenters. The maximum Gasteiger partial charge on any atom is 0.182 e. The number of ketones is 1. The Hall–Kier alpha value is -3.67. The topological polar surface area (TPSA) is 65.7 Å². The summed E-state index contributed by atoms with van der Waals surface area (Å²) in [5, 5.41) is 4.39. The molecular formula is C26H31N3O3. The van der Waals surface area contributed by atoms with E-state index in [0.29, 0.717) is 29.3 Å². The lowest BCUT2D eigenvalue weighted by molar-refractivity contribution is 0.0983. The van der Waals surface area contributed by atoms with Crippen molar-refractivity contribution in [3.05, 3.63) is 78.2 Å². The SMILES string of the molecule is CCC(=O)c1cc2nccc(-c3ccc(OC)c(OC)c3)n2n1.C\C=C/C=C\C(C)=C/C. The van der Waals surface area contributed by atoms with Crippen molar-refractivity contribution in [2.45, 2.75) is 34.1 Å². The zero-order valence-electron chi connectivity index (χ0n) is 19.6. The van der Waals surface area contributed by atoms with Crippen molar-refractivity contribution in [3.8, 4) is 22.8 Å². The van der Waals surface area contributed by atoms with Crippen molar-refractivity contribution in [3.63, 3.8) is 0 Å². The first-order valence-corrected chi connectivity index (χ1v) is 10.5. The Labute approximate surface area is 189 Å². The molecule has 0 unspecified atom stereocenters. The molecule has 6 nitrogen and oxygen atoms in total. The lowest BCUT2D eigenvalue weighted by atomic mass is 10.1. The van der Waals surface area contributed by atoms with Gasteiger partial charge in [-0.15, -0.1) is 0 Å². The second-order valence-electron chi connectivity index (χ2n) is 6.89. The Kier molecular flexibility index (Phi) is 9.42. The van der Waals surface area contributed by atoms with Gasteiger partial charge in [0.25, 0.3) is 0 Å². The summed E-state index contributed by atoms with van der Waals surface area (Å²) in [7, 11) is 3.19. The molecule has 3 rings (SSSR count). The van der Waals surface area contributed by atoms with E-state index in [9.17, 15) is 4.79 Å². The van der Waals surface area contributed by atoms with E-state index in [4.69, 9.17) is 9.47 Å². The fraction of sp³-hybridized carbons (Fsp3) is 0.269. The molecule has 0 bridgehead atoms. The number of carbonyl (C=O) groups excluding carboxylic acids is 1. The fourth-order valence-corrected chi connectivity index (χ4v) is 2.84. The highest BCUT2D eigenvalue weighted by atomic mass is 16.5. The Bertz CT molecular complexity index is 1140. The maximum atomic E-state index is 11.9. The van der Waals surface area contributed by atoms with Crippen LogP contribution in [0.1, 0.15) is 44.6 Å². The summed E-state index contributed by atoms with van der Waals surface area (Å²) >= 11 is 0. The smallest absolute Gasteiger partial charge is 0.182 e. The molecule has 0 fully saturated rings. The molecule has 0 radical (unpaired) electrons. The van der Waals surface area contributed by atoms with Crippen molar-refractivity contribution in [1.82, 2.24) is 14.6 Å². The third-order valence-corrected chi connectivity index (χ3v) is 4.76. The summed E-state index contributed by atoms with van der Waals surface area (Å²) in [4.78, 5) is 16.1. The van der Waals surface area contributed by atoms with Crippen LogP contribution in [0.3, 0.4) is 0 Å². The van der Waals surface area contributed by atoms with E-state index in [2.05, 4.69) is 29.2 Å². The Morgan fingerprint density at radius 2 is 1.81 bits per heavy atom. The van der Waals surface area contributed by atoms with Crippen LogP contribution in [0.5, 0.6) is 11.5 Å². The number of allylic oxidation sites excluding steroid dienone is 6. The third kappa shape index (κ3) is 6.17. The van der Waals surface area contributed by atoms with Gasteiger partial charge < -0.3 is 9.47 Å². The van der Waals surface area contributed by atoms with Gasteiger partial charge in [0.1, 0.15) is 5.69 Å². The molecule has 32 heavy (non-hydrogen) atoms. The van der Waals surface area contributed by atoms with Crippen molar-refractivity contribution in [2.75, 3.05) is 14.2 Å². The van der Waals surface area contributed by atoms with E-state index in [1.165, 1.54) is 5.57 Å². The zero-order chi connectivity index (χ0) is 23.5. The number of hydrogen-bond acceptors (Lipinski definition) is 5. The van der Waals surface area contributed by atoms with E-state index in [-0.39, 0.29) is 5.78 Å². The fourth-order valence-electron chi connectivity index (χ4n) is 2.84. The molecule has 0 N–H and O–H groups in total. The number of aromatic nitrogens is 3. The van der Waals surface area contributed by atoms with E-state index < -0.39 is 0 Å². The summed E-state index contributed by atoms with van der Waals surface area (Å²) in [6.07, 6.45) is 12.3. The van der Waals surface area contributed by atoms with Gasteiger partial charge in [-0.05, 0) is 45.0 Å². The Balaban J connectivity index is 0.000000344. The largest absolute Gasteiger partial charge is 0.493 e.